The maximum Gasteiger partial charge on any atom is 1.00 e. The number of anilines is 2. The number of methoxy groups -OCH3 is 5. The molecule has 27 nitrogen and oxygen atoms in total. The van der Waals surface area contributed by atoms with Crippen LogP contribution in [0.4, 0.5) is 21.5 Å². The Kier molecular flexibility index (Phi) is 24.3. The summed E-state index contributed by atoms with van der Waals surface area (Å²) in [5.74, 6) is -2.03. The van der Waals surface area contributed by atoms with Crippen molar-refractivity contribution in [3.05, 3.63) is 81.2 Å². The van der Waals surface area contributed by atoms with Gasteiger partial charge in [0.05, 0.1) is 57.6 Å². The third-order valence-electron chi connectivity index (χ3n) is 7.36. The third-order valence-corrected chi connectivity index (χ3v) is 10.4. The van der Waals surface area contributed by atoms with E-state index < -0.39 is 53.8 Å². The average molecular weight is 1010 g/mol. The van der Waals surface area contributed by atoms with E-state index in [9.17, 15) is 36.0 Å². The molecule has 32 heteroatoms. The minimum absolute atomic E-state index is 0. The zero-order valence-electron chi connectivity index (χ0n) is 36.3. The van der Waals surface area contributed by atoms with Gasteiger partial charge in [-0.05, 0) is 42.3 Å². The summed E-state index contributed by atoms with van der Waals surface area (Å²) in [6.45, 7) is 1.67. The molecular weight excluding hydrogens is 972 g/mol. The summed E-state index contributed by atoms with van der Waals surface area (Å²) in [5.41, 5.74) is 5.55. The van der Waals surface area contributed by atoms with Crippen LogP contribution in [0.15, 0.2) is 58.3 Å². The molecule has 0 atom stereocenters. The van der Waals surface area contributed by atoms with Gasteiger partial charge in [0.15, 0.2) is 6.03 Å². The number of aromatic nitrogens is 4. The van der Waals surface area contributed by atoms with Gasteiger partial charge in [-0.15, -0.1) is 18.6 Å². The number of hydrogen-bond acceptors (Lipinski definition) is 25. The van der Waals surface area contributed by atoms with E-state index in [2.05, 4.69) is 74.4 Å². The molecule has 0 radical (unpaired) electrons. The average Bonchev–Trinajstić information content (AvgIpc) is 3.27. The number of aryl methyl sites for hydroxylation is 1. The predicted molar refractivity (Wildman–Crippen MR) is 228 cm³/mol. The van der Waals surface area contributed by atoms with Crippen LogP contribution in [-0.2, 0) is 61.3 Å². The topological polar surface area (TPSA) is 345 Å². The second kappa shape index (κ2) is 28.1. The molecule has 2 aromatic heterocycles. The zero-order chi connectivity index (χ0) is 48.2. The van der Waals surface area contributed by atoms with Gasteiger partial charge >= 0.3 is 47.5 Å². The number of rotatable bonds is 21. The van der Waals surface area contributed by atoms with Gasteiger partial charge in [0.25, 0.3) is 10.0 Å². The molecule has 0 fully saturated rings. The number of benzene rings is 2. The molecule has 2 heterocycles. The van der Waals surface area contributed by atoms with E-state index in [0.717, 1.165) is 44.4 Å². The van der Waals surface area contributed by atoms with E-state index in [1.165, 1.54) is 63.8 Å². The van der Waals surface area contributed by atoms with Crippen LogP contribution in [0.3, 0.4) is 0 Å². The van der Waals surface area contributed by atoms with Gasteiger partial charge in [-0.25, -0.2) is 40.9 Å². The van der Waals surface area contributed by atoms with Crippen LogP contribution >= 0.6 is 24.1 Å². The van der Waals surface area contributed by atoms with Gasteiger partial charge in [-0.2, -0.15) is 25.9 Å². The van der Waals surface area contributed by atoms with Crippen LogP contribution in [0.2, 0.25) is 0 Å². The van der Waals surface area contributed by atoms with Crippen molar-refractivity contribution in [2.24, 2.45) is 0 Å². The summed E-state index contributed by atoms with van der Waals surface area (Å²) in [4.78, 5) is 72.6. The Hall–Kier alpha value is -5.16. The molecule has 5 N–H and O–H groups in total. The van der Waals surface area contributed by atoms with Gasteiger partial charge < -0.3 is 33.7 Å². The number of nitrogens with one attached hydrogen (secondary N) is 5. The van der Waals surface area contributed by atoms with Crippen molar-refractivity contribution in [1.29, 1.82) is 0 Å². The van der Waals surface area contributed by atoms with Crippen LogP contribution < -0.4 is 70.1 Å². The molecule has 354 valence electrons. The first-order valence-electron chi connectivity index (χ1n) is 17.5. The Labute approximate surface area is 408 Å². The first-order valence-corrected chi connectivity index (χ1v) is 22.8. The van der Waals surface area contributed by atoms with Gasteiger partial charge in [0.1, 0.15) is 10.8 Å². The van der Waals surface area contributed by atoms with Gasteiger partial charge in [-0.1, -0.05) is 12.1 Å². The van der Waals surface area contributed by atoms with Crippen LogP contribution in [0.5, 0.6) is 17.6 Å². The standard InChI is InChI=1S/C17H21N5O9S2.C17H21N5O8S2.Na/c1-27-13-8-14(28-2)20-16(19-13)21-17(24)22-33(25,26)12-7-10(9-18-30-31-32-4)5-6-11(12)15(23)29-3;1-10-7-14(27-2)20-16(19-10)21-17(24)22-32(25,26)13-8-11(9-18-29-30-31-4)5-6-12(13)15(23)28-3;/h5-8,18H,9H2,1-4H3,(H2,19,20,21,22,24);5-8,18H,9H2,1-4H3,(H2,19,20,21,22,24);/q;;+1/p-1. The largest absolute Gasteiger partial charge is 1.00 e. The fourth-order valence-corrected chi connectivity index (χ4v) is 7.11. The first kappa shape index (κ1) is 57.0. The fraction of sp³-hybridized carbons (Fsp3) is 0.294. The van der Waals surface area contributed by atoms with Crippen molar-refractivity contribution >= 4 is 80.0 Å². The van der Waals surface area contributed by atoms with E-state index in [0.29, 0.717) is 16.8 Å². The fourth-order valence-electron chi connectivity index (χ4n) is 4.64. The number of hydroxylamine groups is 2. The summed E-state index contributed by atoms with van der Waals surface area (Å²) in [7, 11) is -2.94. The van der Waals surface area contributed by atoms with Crippen LogP contribution in [-0.4, -0.2) is 109 Å². The van der Waals surface area contributed by atoms with E-state index in [1.54, 1.807) is 24.2 Å². The molecule has 4 aromatic rings. The Morgan fingerprint density at radius 1 is 0.636 bits per heavy atom. The van der Waals surface area contributed by atoms with E-state index in [4.69, 9.17) is 14.2 Å². The zero-order valence-corrected chi connectivity index (χ0v) is 41.6. The number of hydrogen-bond donors (Lipinski definition) is 5. The minimum atomic E-state index is -4.63. The quantitative estimate of drug-likeness (QED) is 0.0185. The van der Waals surface area contributed by atoms with Crippen LogP contribution in [0, 0.1) is 6.92 Å². The molecule has 0 aliphatic heterocycles. The minimum Gasteiger partial charge on any atom is -0.481 e. The SMILES string of the molecule is COC(=O)c1ccc(CNOOSC)cc1S(=O)(=O)NC(=O)Nc1nc(OC)cc(OC)n1.COC(=O)c1ccc(CNOOSC)cc1S(=O)(=O)[N-]C(=O)Nc1nc(C)cc(OC)n1.[Na+]. The summed E-state index contributed by atoms with van der Waals surface area (Å²) >= 11 is 1.89. The Bertz CT molecular complexity index is 2510. The molecule has 2 aromatic carbocycles. The molecule has 0 saturated heterocycles. The monoisotopic (exact) mass is 1010 g/mol. The third kappa shape index (κ3) is 17.9. The summed E-state index contributed by atoms with van der Waals surface area (Å²) in [6, 6.07) is 8.13. The molecule has 0 saturated carbocycles. The van der Waals surface area contributed by atoms with Crippen molar-refractivity contribution in [2.45, 2.75) is 29.8 Å². The first-order chi connectivity index (χ1) is 30.9. The Morgan fingerprint density at radius 2 is 1.09 bits per heavy atom. The molecule has 4 amide bonds. The number of esters is 2. The van der Waals surface area contributed by atoms with Gasteiger partial charge in [-0.3, -0.25) is 10.1 Å². The molecule has 0 aliphatic carbocycles. The van der Waals surface area contributed by atoms with Crippen molar-refractivity contribution < 1.29 is 108 Å². The number of sulfonamides is 2. The van der Waals surface area contributed by atoms with Crippen molar-refractivity contribution in [3.8, 4) is 17.6 Å². The number of carbonyl (C=O) groups is 4. The number of nitrogens with zero attached hydrogens (tertiary/aromatic N) is 5. The van der Waals surface area contributed by atoms with Crippen LogP contribution in [0.25, 0.3) is 4.72 Å². The van der Waals surface area contributed by atoms with Crippen LogP contribution in [0.1, 0.15) is 37.5 Å². The smallest absolute Gasteiger partial charge is 0.481 e. The van der Waals surface area contributed by atoms with E-state index >= 15 is 0 Å². The normalized spacial score (nSPS) is 10.8. The maximum atomic E-state index is 12.9. The van der Waals surface area contributed by atoms with Crippen molar-refractivity contribution in [3.63, 3.8) is 0 Å². The van der Waals surface area contributed by atoms with E-state index in [-0.39, 0.29) is 83.3 Å². The second-order valence-electron chi connectivity index (χ2n) is 11.6. The van der Waals surface area contributed by atoms with Gasteiger partial charge in [0.2, 0.25) is 33.6 Å². The van der Waals surface area contributed by atoms with Crippen molar-refractivity contribution in [1.82, 2.24) is 35.6 Å². The molecule has 0 unspecified atom stereocenters. The maximum absolute atomic E-state index is 12.9. The number of ether oxygens (including phenoxy) is 5. The number of carbonyl (C=O) groups excluding carboxylic acids is 4. The summed E-state index contributed by atoms with van der Waals surface area (Å²) in [6.07, 6.45) is 3.25. The van der Waals surface area contributed by atoms with E-state index in [1.807, 2.05) is 0 Å². The molecular formula is C34H41N10NaO17S4. The van der Waals surface area contributed by atoms with Gasteiger partial charge in [0, 0.05) is 61.4 Å². The molecule has 66 heavy (non-hydrogen) atoms. The Morgan fingerprint density at radius 3 is 1.56 bits per heavy atom. The molecule has 0 bridgehead atoms. The molecule has 0 spiro atoms. The molecule has 4 rings (SSSR count). The predicted octanol–water partition coefficient (Wildman–Crippen LogP) is 0.131. The second-order valence-corrected chi connectivity index (χ2v) is 15.8. The summed E-state index contributed by atoms with van der Waals surface area (Å²) in [5, 5.41) is 4.32. The number of amides is 4. The summed E-state index contributed by atoms with van der Waals surface area (Å²) < 4.78 is 89.8. The number of urea groups is 2. The van der Waals surface area contributed by atoms with Crippen molar-refractivity contribution in [2.75, 3.05) is 58.7 Å². The molecule has 0 aliphatic rings. The Balaban J connectivity index is 0.000000447.